The smallest absolute Gasteiger partial charge is 0.142 e. The van der Waals surface area contributed by atoms with Crippen molar-refractivity contribution in [1.82, 2.24) is 0 Å². The lowest BCUT2D eigenvalue weighted by atomic mass is 9.89. The van der Waals surface area contributed by atoms with E-state index in [0.29, 0.717) is 19.6 Å². The Morgan fingerprint density at radius 2 is 1.70 bits per heavy atom. The van der Waals surface area contributed by atoms with Gasteiger partial charge in [0.2, 0.25) is 0 Å². The molecule has 27 heavy (non-hydrogen) atoms. The number of ether oxygens (including phenoxy) is 1. The summed E-state index contributed by atoms with van der Waals surface area (Å²) in [6.07, 6.45) is 1.67. The lowest BCUT2D eigenvalue weighted by Crippen LogP contribution is -2.20. The van der Waals surface area contributed by atoms with Crippen LogP contribution in [0.3, 0.4) is 0 Å². The van der Waals surface area contributed by atoms with E-state index in [1.165, 1.54) is 6.92 Å². The average molecular weight is 368 g/mol. The second-order valence-corrected chi connectivity index (χ2v) is 7.01. The third kappa shape index (κ3) is 7.06. The molecule has 4 heteroatoms. The van der Waals surface area contributed by atoms with Gasteiger partial charge in [-0.15, -0.1) is 0 Å². The predicted octanol–water partition coefficient (Wildman–Crippen LogP) is 4.32. The maximum Gasteiger partial charge on any atom is 0.142 e. The summed E-state index contributed by atoms with van der Waals surface area (Å²) in [6.45, 7) is 4.49. The number of hydrogen-bond acceptors (Lipinski definition) is 4. The molecule has 1 unspecified atom stereocenters. The third-order valence-electron chi connectivity index (χ3n) is 4.61. The number of carbonyl (C=O) groups is 3. The Balaban J connectivity index is 1.91. The van der Waals surface area contributed by atoms with Crippen LogP contribution < -0.4 is 0 Å². The Morgan fingerprint density at radius 3 is 2.41 bits per heavy atom. The van der Waals surface area contributed by atoms with E-state index in [1.807, 2.05) is 43.3 Å². The topological polar surface area (TPSA) is 60.4 Å². The van der Waals surface area contributed by atoms with Crippen molar-refractivity contribution in [1.29, 1.82) is 0 Å². The summed E-state index contributed by atoms with van der Waals surface area (Å²) in [4.78, 5) is 36.2. The molecule has 0 heterocycles. The summed E-state index contributed by atoms with van der Waals surface area (Å²) in [5.41, 5.74) is 1.03. The standard InChI is InChI=1S/C23H28O4/c1-3-11-27-12-10-22(25)16-23(26)15-21(17(2)24)14-18-8-9-19-6-4-5-7-20(19)13-18/h4-9,13,21H,3,10-12,14-16H2,1-2H3. The number of Topliss-reactive ketones (excluding diaryl/α,β-unsaturated/α-hetero) is 3. The number of rotatable bonds is 12. The van der Waals surface area contributed by atoms with Crippen LogP contribution >= 0.6 is 0 Å². The molecule has 0 fully saturated rings. The fourth-order valence-electron chi connectivity index (χ4n) is 3.10. The largest absolute Gasteiger partial charge is 0.381 e. The fraction of sp³-hybridized carbons (Fsp3) is 0.435. The highest BCUT2D eigenvalue weighted by molar-refractivity contribution is 6.00. The van der Waals surface area contributed by atoms with Crippen molar-refractivity contribution in [3.63, 3.8) is 0 Å². The lowest BCUT2D eigenvalue weighted by molar-refractivity contribution is -0.130. The minimum atomic E-state index is -0.386. The van der Waals surface area contributed by atoms with Gasteiger partial charge in [-0.05, 0) is 36.1 Å². The van der Waals surface area contributed by atoms with Gasteiger partial charge in [-0.2, -0.15) is 0 Å². The molecule has 0 aliphatic heterocycles. The number of carbonyl (C=O) groups excluding carboxylic acids is 3. The number of fused-ring (bicyclic) bond motifs is 1. The molecule has 2 aromatic carbocycles. The first-order valence-corrected chi connectivity index (χ1v) is 9.59. The Bertz CT molecular complexity index is 794. The van der Waals surface area contributed by atoms with Gasteiger partial charge in [-0.3, -0.25) is 14.4 Å². The summed E-state index contributed by atoms with van der Waals surface area (Å²) < 4.78 is 5.28. The van der Waals surface area contributed by atoms with Gasteiger partial charge in [-0.1, -0.05) is 49.4 Å². The van der Waals surface area contributed by atoms with Crippen molar-refractivity contribution in [2.45, 2.75) is 46.0 Å². The summed E-state index contributed by atoms with van der Waals surface area (Å²) in [7, 11) is 0. The van der Waals surface area contributed by atoms with Crippen LogP contribution in [0.4, 0.5) is 0 Å². The van der Waals surface area contributed by atoms with Crippen molar-refractivity contribution < 1.29 is 19.1 Å². The predicted molar refractivity (Wildman–Crippen MR) is 107 cm³/mol. The number of hydrogen-bond donors (Lipinski definition) is 0. The van der Waals surface area contributed by atoms with Crippen molar-refractivity contribution in [2.75, 3.05) is 13.2 Å². The SMILES string of the molecule is CCCOCCC(=O)CC(=O)CC(Cc1ccc2ccccc2c1)C(C)=O. The van der Waals surface area contributed by atoms with Crippen LogP contribution in [-0.2, 0) is 25.5 Å². The molecule has 0 radical (unpaired) electrons. The van der Waals surface area contributed by atoms with E-state index < -0.39 is 0 Å². The summed E-state index contributed by atoms with van der Waals surface area (Å²) >= 11 is 0. The maximum absolute atomic E-state index is 12.2. The molecular formula is C23H28O4. The van der Waals surface area contributed by atoms with Crippen LogP contribution in [0.15, 0.2) is 42.5 Å². The molecule has 1 atom stereocenters. The second kappa shape index (κ2) is 10.7. The van der Waals surface area contributed by atoms with Gasteiger partial charge in [0.15, 0.2) is 0 Å². The molecule has 0 amide bonds. The molecular weight excluding hydrogens is 340 g/mol. The van der Waals surface area contributed by atoms with E-state index in [4.69, 9.17) is 4.74 Å². The maximum atomic E-state index is 12.2. The molecule has 2 rings (SSSR count). The molecule has 0 aromatic heterocycles. The van der Waals surface area contributed by atoms with Crippen molar-refractivity contribution >= 4 is 28.1 Å². The molecule has 2 aromatic rings. The first-order chi connectivity index (χ1) is 13.0. The van der Waals surface area contributed by atoms with Gasteiger partial charge in [0.25, 0.3) is 0 Å². The highest BCUT2D eigenvalue weighted by atomic mass is 16.5. The van der Waals surface area contributed by atoms with E-state index in [0.717, 1.165) is 22.8 Å². The zero-order valence-electron chi connectivity index (χ0n) is 16.2. The van der Waals surface area contributed by atoms with E-state index >= 15 is 0 Å². The first kappa shape index (κ1) is 21.0. The van der Waals surface area contributed by atoms with Crippen LogP contribution in [0.5, 0.6) is 0 Å². The van der Waals surface area contributed by atoms with Gasteiger partial charge >= 0.3 is 0 Å². The van der Waals surface area contributed by atoms with Gasteiger partial charge in [0, 0.05) is 25.4 Å². The van der Waals surface area contributed by atoms with Crippen LogP contribution in [0.1, 0.15) is 45.1 Å². The minimum absolute atomic E-state index is 0.0183. The highest BCUT2D eigenvalue weighted by Crippen LogP contribution is 2.20. The Morgan fingerprint density at radius 1 is 0.963 bits per heavy atom. The van der Waals surface area contributed by atoms with Gasteiger partial charge in [0.05, 0.1) is 13.0 Å². The first-order valence-electron chi connectivity index (χ1n) is 9.59. The van der Waals surface area contributed by atoms with E-state index in [-0.39, 0.29) is 42.5 Å². The molecule has 144 valence electrons. The summed E-state index contributed by atoms with van der Waals surface area (Å²) in [5.74, 6) is -0.696. The number of ketones is 3. The van der Waals surface area contributed by atoms with Gasteiger partial charge < -0.3 is 4.74 Å². The molecule has 0 spiro atoms. The van der Waals surface area contributed by atoms with Crippen LogP contribution in [0, 0.1) is 5.92 Å². The Labute approximate surface area is 160 Å². The van der Waals surface area contributed by atoms with Crippen LogP contribution in [0.25, 0.3) is 10.8 Å². The van der Waals surface area contributed by atoms with Gasteiger partial charge in [0.1, 0.15) is 17.3 Å². The zero-order chi connectivity index (χ0) is 19.6. The molecule has 4 nitrogen and oxygen atoms in total. The molecule has 0 aliphatic carbocycles. The van der Waals surface area contributed by atoms with E-state index in [2.05, 4.69) is 6.07 Å². The van der Waals surface area contributed by atoms with E-state index in [9.17, 15) is 14.4 Å². The van der Waals surface area contributed by atoms with Crippen LogP contribution in [0.2, 0.25) is 0 Å². The molecule has 0 aliphatic rings. The fourth-order valence-corrected chi connectivity index (χ4v) is 3.10. The summed E-state index contributed by atoms with van der Waals surface area (Å²) in [6, 6.07) is 14.1. The van der Waals surface area contributed by atoms with Crippen molar-refractivity contribution in [3.8, 4) is 0 Å². The zero-order valence-corrected chi connectivity index (χ0v) is 16.2. The minimum Gasteiger partial charge on any atom is -0.381 e. The lowest BCUT2D eigenvalue weighted by Gasteiger charge is -2.14. The summed E-state index contributed by atoms with van der Waals surface area (Å²) in [5, 5.41) is 2.26. The second-order valence-electron chi connectivity index (χ2n) is 7.01. The normalized spacial score (nSPS) is 12.1. The van der Waals surface area contributed by atoms with Crippen molar-refractivity contribution in [3.05, 3.63) is 48.0 Å². The Kier molecular flexibility index (Phi) is 8.34. The monoisotopic (exact) mass is 368 g/mol. The third-order valence-corrected chi connectivity index (χ3v) is 4.61. The molecule has 0 saturated carbocycles. The molecule has 0 N–H and O–H groups in total. The average Bonchev–Trinajstić information content (AvgIpc) is 2.64. The molecule has 0 saturated heterocycles. The van der Waals surface area contributed by atoms with E-state index in [1.54, 1.807) is 0 Å². The molecule has 0 bridgehead atoms. The van der Waals surface area contributed by atoms with Gasteiger partial charge in [-0.25, -0.2) is 0 Å². The Hall–Kier alpha value is -2.33. The quantitative estimate of drug-likeness (QED) is 0.413. The number of benzene rings is 2. The highest BCUT2D eigenvalue weighted by Gasteiger charge is 2.20. The van der Waals surface area contributed by atoms with Crippen LogP contribution in [-0.4, -0.2) is 30.6 Å². The van der Waals surface area contributed by atoms with Crippen molar-refractivity contribution in [2.24, 2.45) is 5.92 Å².